The van der Waals surface area contributed by atoms with Crippen molar-refractivity contribution in [1.29, 1.82) is 0 Å². The molecule has 0 unspecified atom stereocenters. The summed E-state index contributed by atoms with van der Waals surface area (Å²) in [5, 5.41) is 0. The van der Waals surface area contributed by atoms with Gasteiger partial charge in [-0.1, -0.05) is 52.9 Å². The van der Waals surface area contributed by atoms with Gasteiger partial charge < -0.3 is 9.47 Å². The Morgan fingerprint density at radius 3 is 2.12 bits per heavy atom. The van der Waals surface area contributed by atoms with Gasteiger partial charge in [-0.25, -0.2) is 0 Å². The van der Waals surface area contributed by atoms with Crippen molar-refractivity contribution in [3.05, 3.63) is 70.8 Å². The molecule has 0 saturated carbocycles. The molecular formula is C23H23F6IO2. The van der Waals surface area contributed by atoms with Crippen LogP contribution in [0.2, 0.25) is 0 Å². The van der Waals surface area contributed by atoms with Gasteiger partial charge in [0.05, 0.1) is 24.3 Å². The van der Waals surface area contributed by atoms with Crippen molar-refractivity contribution in [2.24, 2.45) is 5.92 Å². The zero-order valence-electron chi connectivity index (χ0n) is 17.1. The minimum absolute atomic E-state index is 0.0491. The lowest BCUT2D eigenvalue weighted by molar-refractivity contribution is -0.187. The molecule has 1 fully saturated rings. The number of halogens is 7. The van der Waals surface area contributed by atoms with Crippen LogP contribution in [0.3, 0.4) is 0 Å². The second kappa shape index (κ2) is 10.7. The van der Waals surface area contributed by atoms with Gasteiger partial charge >= 0.3 is 12.4 Å². The SMILES string of the molecule is FC(F)(F)c1cc(CCO[C@H]2OCC[C@H](CCI)[C@H]2c2ccccc2)cc(C(F)(F)F)c1. The molecule has 0 amide bonds. The Labute approximate surface area is 196 Å². The third-order valence-electron chi connectivity index (χ3n) is 5.56. The van der Waals surface area contributed by atoms with E-state index in [2.05, 4.69) is 22.6 Å². The fourth-order valence-corrected chi connectivity index (χ4v) is 4.82. The van der Waals surface area contributed by atoms with E-state index in [1.165, 1.54) is 0 Å². The van der Waals surface area contributed by atoms with Gasteiger partial charge in [0.15, 0.2) is 6.29 Å². The first kappa shape index (κ1) is 25.3. The molecule has 1 aliphatic heterocycles. The minimum atomic E-state index is -4.87. The fourth-order valence-electron chi connectivity index (χ4n) is 4.02. The summed E-state index contributed by atoms with van der Waals surface area (Å²) >= 11 is 2.32. The molecule has 0 spiro atoms. The van der Waals surface area contributed by atoms with Crippen molar-refractivity contribution in [2.45, 2.75) is 43.8 Å². The summed E-state index contributed by atoms with van der Waals surface area (Å²) in [6.45, 7) is 0.445. The molecule has 0 N–H and O–H groups in total. The van der Waals surface area contributed by atoms with Gasteiger partial charge in [-0.05, 0) is 58.9 Å². The summed E-state index contributed by atoms with van der Waals surface area (Å²) in [5.41, 5.74) is -1.67. The van der Waals surface area contributed by atoms with E-state index in [9.17, 15) is 26.3 Å². The molecule has 1 saturated heterocycles. The standard InChI is InChI=1S/C23H23F6IO2/c24-22(25,26)18-12-15(13-19(14-18)23(27,28)29)7-10-31-21-20(16-4-2-1-3-5-16)17(6-9-30)8-11-32-21/h1-5,12-14,17,20-21H,6-11H2/t17-,20+,21-/m0/s1. The fraction of sp³-hybridized carbons (Fsp3) is 0.478. The van der Waals surface area contributed by atoms with Gasteiger partial charge in [0, 0.05) is 5.92 Å². The number of rotatable bonds is 7. The number of hydrogen-bond donors (Lipinski definition) is 0. The molecule has 2 nitrogen and oxygen atoms in total. The maximum atomic E-state index is 13.1. The topological polar surface area (TPSA) is 18.5 Å². The molecule has 1 heterocycles. The lowest BCUT2D eigenvalue weighted by Gasteiger charge is -2.38. The van der Waals surface area contributed by atoms with Gasteiger partial charge in [0.1, 0.15) is 0 Å². The van der Waals surface area contributed by atoms with Gasteiger partial charge in [-0.2, -0.15) is 26.3 Å². The molecular weight excluding hydrogens is 549 g/mol. The molecule has 32 heavy (non-hydrogen) atoms. The van der Waals surface area contributed by atoms with Gasteiger partial charge in [0.2, 0.25) is 0 Å². The van der Waals surface area contributed by atoms with Gasteiger partial charge in [0.25, 0.3) is 0 Å². The molecule has 2 aromatic carbocycles. The maximum absolute atomic E-state index is 13.1. The van der Waals surface area contributed by atoms with Gasteiger partial charge in [-0.15, -0.1) is 0 Å². The highest BCUT2D eigenvalue weighted by atomic mass is 127. The smallest absolute Gasteiger partial charge is 0.352 e. The van der Waals surface area contributed by atoms with E-state index in [-0.39, 0.29) is 30.6 Å². The van der Waals surface area contributed by atoms with E-state index in [0.717, 1.165) is 35.0 Å². The highest BCUT2D eigenvalue weighted by Crippen LogP contribution is 2.39. The van der Waals surface area contributed by atoms with E-state index in [4.69, 9.17) is 9.47 Å². The van der Waals surface area contributed by atoms with Crippen LogP contribution in [0.15, 0.2) is 48.5 Å². The lowest BCUT2D eigenvalue weighted by Crippen LogP contribution is -2.37. The molecule has 9 heteroatoms. The van der Waals surface area contributed by atoms with Crippen molar-refractivity contribution in [2.75, 3.05) is 17.6 Å². The molecule has 3 atom stereocenters. The normalized spacial score (nSPS) is 22.2. The minimum Gasteiger partial charge on any atom is -0.352 e. The van der Waals surface area contributed by atoms with Crippen molar-refractivity contribution < 1.29 is 35.8 Å². The van der Waals surface area contributed by atoms with Crippen LogP contribution < -0.4 is 0 Å². The average Bonchev–Trinajstić information content (AvgIpc) is 2.73. The monoisotopic (exact) mass is 572 g/mol. The summed E-state index contributed by atoms with van der Waals surface area (Å²) in [7, 11) is 0. The van der Waals surface area contributed by atoms with E-state index in [0.29, 0.717) is 12.5 Å². The molecule has 2 aromatic rings. The maximum Gasteiger partial charge on any atom is 0.416 e. The first-order valence-corrected chi connectivity index (χ1v) is 11.7. The first-order valence-electron chi connectivity index (χ1n) is 10.2. The third-order valence-corrected chi connectivity index (χ3v) is 6.18. The zero-order valence-corrected chi connectivity index (χ0v) is 19.2. The number of ether oxygens (including phenoxy) is 2. The van der Waals surface area contributed by atoms with Crippen LogP contribution in [0, 0.1) is 5.92 Å². The Morgan fingerprint density at radius 2 is 1.56 bits per heavy atom. The summed E-state index contributed by atoms with van der Waals surface area (Å²) < 4.78 is 91.2. The quantitative estimate of drug-likeness (QED) is 0.198. The predicted octanol–water partition coefficient (Wildman–Crippen LogP) is 7.25. The van der Waals surface area contributed by atoms with Crippen LogP contribution in [0.5, 0.6) is 0 Å². The van der Waals surface area contributed by atoms with Crippen molar-refractivity contribution >= 4 is 22.6 Å². The Bertz CT molecular complexity index is 835. The Morgan fingerprint density at radius 1 is 0.938 bits per heavy atom. The van der Waals surface area contributed by atoms with E-state index in [1.807, 2.05) is 30.3 Å². The van der Waals surface area contributed by atoms with Crippen molar-refractivity contribution in [3.63, 3.8) is 0 Å². The highest BCUT2D eigenvalue weighted by molar-refractivity contribution is 14.1. The first-order chi connectivity index (χ1) is 15.1. The van der Waals surface area contributed by atoms with E-state index in [1.54, 1.807) is 0 Å². The van der Waals surface area contributed by atoms with Crippen molar-refractivity contribution in [3.8, 4) is 0 Å². The molecule has 0 aromatic heterocycles. The number of hydrogen-bond acceptors (Lipinski definition) is 2. The average molecular weight is 572 g/mol. The second-order valence-corrected chi connectivity index (χ2v) is 8.82. The molecule has 0 radical (unpaired) electrons. The number of alkyl halides is 7. The van der Waals surface area contributed by atoms with Crippen LogP contribution in [0.1, 0.15) is 41.0 Å². The van der Waals surface area contributed by atoms with E-state index >= 15 is 0 Å². The van der Waals surface area contributed by atoms with Crippen LogP contribution in [-0.4, -0.2) is 23.9 Å². The molecule has 0 bridgehead atoms. The Kier molecular flexibility index (Phi) is 8.48. The zero-order chi connectivity index (χ0) is 23.4. The van der Waals surface area contributed by atoms with Crippen LogP contribution in [0.25, 0.3) is 0 Å². The van der Waals surface area contributed by atoms with Crippen molar-refractivity contribution in [1.82, 2.24) is 0 Å². The molecule has 0 aliphatic carbocycles. The van der Waals surface area contributed by atoms with E-state index < -0.39 is 29.8 Å². The Balaban J connectivity index is 1.75. The molecule has 3 rings (SSSR count). The molecule has 176 valence electrons. The highest BCUT2D eigenvalue weighted by Gasteiger charge is 2.38. The largest absolute Gasteiger partial charge is 0.416 e. The lowest BCUT2D eigenvalue weighted by atomic mass is 9.80. The van der Waals surface area contributed by atoms with Crippen LogP contribution in [-0.2, 0) is 28.2 Å². The summed E-state index contributed by atoms with van der Waals surface area (Å²) in [6, 6.07) is 11.3. The summed E-state index contributed by atoms with van der Waals surface area (Å²) in [5.74, 6) is 0.269. The summed E-state index contributed by atoms with van der Waals surface area (Å²) in [4.78, 5) is 0. The number of benzene rings is 2. The van der Waals surface area contributed by atoms with Gasteiger partial charge in [-0.3, -0.25) is 0 Å². The Hall–Kier alpha value is -1.33. The predicted molar refractivity (Wildman–Crippen MR) is 117 cm³/mol. The molecule has 1 aliphatic rings. The third kappa shape index (κ3) is 6.60. The van der Waals surface area contributed by atoms with Crippen LogP contribution in [0.4, 0.5) is 26.3 Å². The summed E-state index contributed by atoms with van der Waals surface area (Å²) in [6.07, 6.45) is -8.60. The second-order valence-electron chi connectivity index (χ2n) is 7.74. The van der Waals surface area contributed by atoms with Crippen LogP contribution >= 0.6 is 22.6 Å².